The number of piperidine rings is 1. The number of nitrogens with zero attached hydrogens (tertiary/aromatic N) is 1. The third kappa shape index (κ3) is 5.27. The van der Waals surface area contributed by atoms with Crippen molar-refractivity contribution in [2.45, 2.75) is 43.4 Å². The predicted octanol–water partition coefficient (Wildman–Crippen LogP) is 3.28. The van der Waals surface area contributed by atoms with Crippen LogP contribution in [0.15, 0.2) is 46.0 Å². The third-order valence-electron chi connectivity index (χ3n) is 5.17. The van der Waals surface area contributed by atoms with E-state index in [1.807, 2.05) is 24.3 Å². The van der Waals surface area contributed by atoms with Gasteiger partial charge in [-0.1, -0.05) is 25.1 Å². The average Bonchev–Trinajstić information content (AvgIpc) is 3.30. The lowest BCUT2D eigenvalue weighted by atomic mass is 9.98. The van der Waals surface area contributed by atoms with Crippen LogP contribution in [0.2, 0.25) is 0 Å². The second-order valence-corrected chi connectivity index (χ2v) is 10.3. The third-order valence-corrected chi connectivity index (χ3v) is 8.44. The molecular weight excluding hydrogens is 424 g/mol. The quantitative estimate of drug-likeness (QED) is 0.654. The van der Waals surface area contributed by atoms with Crippen LogP contribution in [0.25, 0.3) is 0 Å². The van der Waals surface area contributed by atoms with Gasteiger partial charge < -0.3 is 10.1 Å². The number of hydrogen-bond donors (Lipinski definition) is 1. The topological polar surface area (TPSA) is 92.8 Å². The molecule has 1 aromatic heterocycles. The molecule has 2 aromatic rings. The highest BCUT2D eigenvalue weighted by Gasteiger charge is 2.34. The Morgan fingerprint density at radius 3 is 2.43 bits per heavy atom. The molecule has 1 saturated heterocycles. The highest BCUT2D eigenvalue weighted by molar-refractivity contribution is 7.91. The lowest BCUT2D eigenvalue weighted by Gasteiger charge is -2.30. The normalized spacial score (nSPS) is 16.7. The Morgan fingerprint density at radius 2 is 1.87 bits per heavy atom. The van der Waals surface area contributed by atoms with E-state index in [0.29, 0.717) is 22.7 Å². The molecule has 1 aromatic carbocycles. The maximum atomic E-state index is 12.6. The van der Waals surface area contributed by atoms with Gasteiger partial charge in [0.2, 0.25) is 0 Å². The van der Waals surface area contributed by atoms with E-state index in [2.05, 4.69) is 12.2 Å². The summed E-state index contributed by atoms with van der Waals surface area (Å²) < 4.78 is 32.2. The fourth-order valence-electron chi connectivity index (χ4n) is 3.26. The number of esters is 1. The van der Waals surface area contributed by atoms with Crippen molar-refractivity contribution in [3.8, 4) is 0 Å². The Morgan fingerprint density at radius 1 is 1.20 bits per heavy atom. The van der Waals surface area contributed by atoms with Crippen LogP contribution in [-0.4, -0.2) is 43.8 Å². The summed E-state index contributed by atoms with van der Waals surface area (Å²) in [4.78, 5) is 24.8. The zero-order chi connectivity index (χ0) is 21.7. The standard InChI is InChI=1S/C21H26N2O5S2/c1-3-16-6-8-18(9-7-16)22-20(24)15(2)28-21(25)17-10-12-23(13-11-17)30(26,27)19-5-4-14-29-19/h4-9,14-15,17H,3,10-13H2,1-2H3,(H,22,24). The number of nitrogens with one attached hydrogen (secondary N) is 1. The van der Waals surface area contributed by atoms with Gasteiger partial charge >= 0.3 is 5.97 Å². The van der Waals surface area contributed by atoms with Crippen LogP contribution >= 0.6 is 11.3 Å². The number of thiophene rings is 1. The zero-order valence-electron chi connectivity index (χ0n) is 17.0. The van der Waals surface area contributed by atoms with Crippen LogP contribution < -0.4 is 5.32 Å². The molecule has 30 heavy (non-hydrogen) atoms. The molecule has 1 N–H and O–H groups in total. The van der Waals surface area contributed by atoms with Crippen LogP contribution in [0.4, 0.5) is 5.69 Å². The van der Waals surface area contributed by atoms with E-state index in [1.165, 1.54) is 28.1 Å². The van der Waals surface area contributed by atoms with Gasteiger partial charge in [-0.3, -0.25) is 9.59 Å². The molecule has 1 atom stereocenters. The van der Waals surface area contributed by atoms with Gasteiger partial charge in [-0.25, -0.2) is 8.42 Å². The van der Waals surface area contributed by atoms with E-state index in [1.54, 1.807) is 17.5 Å². The SMILES string of the molecule is CCc1ccc(NC(=O)C(C)OC(=O)C2CCN(S(=O)(=O)c3cccs3)CC2)cc1. The van der Waals surface area contributed by atoms with Gasteiger partial charge in [0.15, 0.2) is 6.10 Å². The Hall–Kier alpha value is -2.23. The van der Waals surface area contributed by atoms with Crippen LogP contribution in [-0.2, 0) is 30.8 Å². The molecule has 0 spiro atoms. The van der Waals surface area contributed by atoms with Crippen LogP contribution in [0.3, 0.4) is 0 Å². The second kappa shape index (κ2) is 9.72. The van der Waals surface area contributed by atoms with Gasteiger partial charge in [0, 0.05) is 18.8 Å². The molecule has 1 amide bonds. The highest BCUT2D eigenvalue weighted by Crippen LogP contribution is 2.27. The van der Waals surface area contributed by atoms with Gasteiger partial charge in [0.1, 0.15) is 4.21 Å². The molecule has 0 bridgehead atoms. The van der Waals surface area contributed by atoms with Gasteiger partial charge in [-0.2, -0.15) is 4.31 Å². The molecule has 162 valence electrons. The van der Waals surface area contributed by atoms with Crippen molar-refractivity contribution in [3.05, 3.63) is 47.3 Å². The van der Waals surface area contributed by atoms with Gasteiger partial charge in [0.25, 0.3) is 15.9 Å². The summed E-state index contributed by atoms with van der Waals surface area (Å²) in [5.74, 6) is -1.28. The number of aryl methyl sites for hydroxylation is 1. The maximum Gasteiger partial charge on any atom is 0.309 e. The van der Waals surface area contributed by atoms with E-state index < -0.39 is 33.9 Å². The van der Waals surface area contributed by atoms with Gasteiger partial charge in [-0.05, 0) is 55.3 Å². The second-order valence-electron chi connectivity index (χ2n) is 7.23. The first-order valence-electron chi connectivity index (χ1n) is 9.95. The number of benzene rings is 1. The lowest BCUT2D eigenvalue weighted by molar-refractivity contribution is -0.158. The number of ether oxygens (including phenoxy) is 1. The maximum absolute atomic E-state index is 12.6. The van der Waals surface area contributed by atoms with Crippen molar-refractivity contribution < 1.29 is 22.7 Å². The van der Waals surface area contributed by atoms with Crippen LogP contribution in [0.1, 0.15) is 32.3 Å². The van der Waals surface area contributed by atoms with Crippen LogP contribution in [0.5, 0.6) is 0 Å². The van der Waals surface area contributed by atoms with Gasteiger partial charge in [-0.15, -0.1) is 11.3 Å². The molecule has 2 heterocycles. The zero-order valence-corrected chi connectivity index (χ0v) is 18.7. The molecule has 1 unspecified atom stereocenters. The molecule has 9 heteroatoms. The lowest BCUT2D eigenvalue weighted by Crippen LogP contribution is -2.41. The number of carbonyl (C=O) groups excluding carboxylic acids is 2. The molecular formula is C21H26N2O5S2. The largest absolute Gasteiger partial charge is 0.452 e. The molecule has 3 rings (SSSR count). The minimum Gasteiger partial charge on any atom is -0.452 e. The van der Waals surface area contributed by atoms with E-state index in [0.717, 1.165) is 6.42 Å². The van der Waals surface area contributed by atoms with Crippen LogP contribution in [0, 0.1) is 5.92 Å². The molecule has 1 aliphatic rings. The van der Waals surface area contributed by atoms with Crippen molar-refractivity contribution in [2.24, 2.45) is 5.92 Å². The predicted molar refractivity (Wildman–Crippen MR) is 116 cm³/mol. The molecule has 0 aliphatic carbocycles. The number of amides is 1. The fraction of sp³-hybridized carbons (Fsp3) is 0.429. The minimum absolute atomic E-state index is 0.254. The molecule has 0 radical (unpaired) electrons. The smallest absolute Gasteiger partial charge is 0.309 e. The van der Waals surface area contributed by atoms with Crippen molar-refractivity contribution in [1.29, 1.82) is 0 Å². The van der Waals surface area contributed by atoms with E-state index in [9.17, 15) is 18.0 Å². The van der Waals surface area contributed by atoms with Crippen molar-refractivity contribution in [3.63, 3.8) is 0 Å². The number of carbonyl (C=O) groups is 2. The first-order valence-corrected chi connectivity index (χ1v) is 12.3. The van der Waals surface area contributed by atoms with Gasteiger partial charge in [0.05, 0.1) is 5.92 Å². The van der Waals surface area contributed by atoms with E-state index in [4.69, 9.17) is 4.74 Å². The summed E-state index contributed by atoms with van der Waals surface area (Å²) in [5.41, 5.74) is 1.81. The molecule has 1 fully saturated rings. The van der Waals surface area contributed by atoms with Crippen molar-refractivity contribution >= 4 is 38.9 Å². The summed E-state index contributed by atoms with van der Waals surface area (Å²) >= 11 is 1.18. The summed E-state index contributed by atoms with van der Waals surface area (Å²) in [6, 6.07) is 10.8. The highest BCUT2D eigenvalue weighted by atomic mass is 32.2. The Balaban J connectivity index is 1.49. The van der Waals surface area contributed by atoms with E-state index in [-0.39, 0.29) is 13.1 Å². The fourth-order valence-corrected chi connectivity index (χ4v) is 5.88. The van der Waals surface area contributed by atoms with Crippen molar-refractivity contribution in [1.82, 2.24) is 4.31 Å². The number of hydrogen-bond acceptors (Lipinski definition) is 6. The summed E-state index contributed by atoms with van der Waals surface area (Å²) in [7, 11) is -3.51. The Kier molecular flexibility index (Phi) is 7.27. The number of rotatable bonds is 7. The first kappa shape index (κ1) is 22.5. The Labute approximate surface area is 181 Å². The summed E-state index contributed by atoms with van der Waals surface area (Å²) in [6.45, 7) is 4.09. The molecule has 1 aliphatic heterocycles. The van der Waals surface area contributed by atoms with E-state index >= 15 is 0 Å². The average molecular weight is 451 g/mol. The Bertz CT molecular complexity index is 963. The summed E-state index contributed by atoms with van der Waals surface area (Å²) in [6.07, 6.45) is 0.721. The minimum atomic E-state index is -3.51. The number of anilines is 1. The first-order chi connectivity index (χ1) is 14.3. The summed E-state index contributed by atoms with van der Waals surface area (Å²) in [5, 5.41) is 4.47. The molecule has 0 saturated carbocycles. The number of sulfonamides is 1. The molecule has 7 nitrogen and oxygen atoms in total. The van der Waals surface area contributed by atoms with Crippen molar-refractivity contribution in [2.75, 3.05) is 18.4 Å². The monoisotopic (exact) mass is 450 g/mol.